The third-order valence-corrected chi connectivity index (χ3v) is 2.37. The molecule has 0 radical (unpaired) electrons. The Balaban J connectivity index is 2.78. The van der Waals surface area contributed by atoms with Crippen molar-refractivity contribution >= 4 is 0 Å². The predicted molar refractivity (Wildman–Crippen MR) is 56.4 cm³/mol. The van der Waals surface area contributed by atoms with Crippen LogP contribution in [0.3, 0.4) is 0 Å². The van der Waals surface area contributed by atoms with E-state index in [0.29, 0.717) is 5.92 Å². The quantitative estimate of drug-likeness (QED) is 0.689. The largest absolute Gasteiger partial charge is 0.389 e. The molecule has 1 aliphatic rings. The van der Waals surface area contributed by atoms with Crippen LogP contribution in [0.4, 0.5) is 0 Å². The predicted octanol–water partition coefficient (Wildman–Crippen LogP) is 2.84. The van der Waals surface area contributed by atoms with Crippen LogP contribution in [0.25, 0.3) is 0 Å². The molecule has 0 aromatic rings. The van der Waals surface area contributed by atoms with E-state index in [2.05, 4.69) is 19.1 Å². The van der Waals surface area contributed by atoms with Gasteiger partial charge in [0.2, 0.25) is 0 Å². The Morgan fingerprint density at radius 2 is 2.38 bits per heavy atom. The summed E-state index contributed by atoms with van der Waals surface area (Å²) in [5.41, 5.74) is 1.21. The summed E-state index contributed by atoms with van der Waals surface area (Å²) in [4.78, 5) is 0. The summed E-state index contributed by atoms with van der Waals surface area (Å²) in [5, 5.41) is 9.53. The van der Waals surface area contributed by atoms with Crippen LogP contribution in [-0.4, -0.2) is 11.2 Å². The maximum atomic E-state index is 9.53. The lowest BCUT2D eigenvalue weighted by Crippen LogP contribution is -2.07. The van der Waals surface area contributed by atoms with Gasteiger partial charge in [0.05, 0.1) is 6.10 Å². The fraction of sp³-hybridized carbons (Fsp3) is 0.500. The first-order chi connectivity index (χ1) is 6.26. The van der Waals surface area contributed by atoms with Crippen LogP contribution in [0.5, 0.6) is 0 Å². The number of aliphatic hydroxyl groups excluding tert-OH is 1. The molecule has 2 atom stereocenters. The maximum Gasteiger partial charge on any atom is 0.0729 e. The summed E-state index contributed by atoms with van der Waals surface area (Å²) in [6, 6.07) is 0. The van der Waals surface area contributed by atoms with Gasteiger partial charge in [-0.2, -0.15) is 0 Å². The fourth-order valence-electron chi connectivity index (χ4n) is 1.59. The first-order valence-corrected chi connectivity index (χ1v) is 4.97. The number of hydrogen-bond acceptors (Lipinski definition) is 1. The van der Waals surface area contributed by atoms with Crippen molar-refractivity contribution in [2.45, 2.75) is 32.8 Å². The van der Waals surface area contributed by atoms with Crippen molar-refractivity contribution in [1.29, 1.82) is 0 Å². The molecule has 0 heterocycles. The topological polar surface area (TPSA) is 20.2 Å². The zero-order chi connectivity index (χ0) is 9.68. The summed E-state index contributed by atoms with van der Waals surface area (Å²) in [6.07, 6.45) is 11.9. The maximum absolute atomic E-state index is 9.53. The molecule has 0 saturated heterocycles. The first kappa shape index (κ1) is 10.3. The van der Waals surface area contributed by atoms with E-state index in [1.807, 2.05) is 25.2 Å². The molecule has 72 valence electrons. The SMILES string of the molecule is C/C=C/C1=CC(CC)CC(O)C=C1. The molecule has 0 fully saturated rings. The summed E-state index contributed by atoms with van der Waals surface area (Å²) in [6.45, 7) is 4.17. The standard InChI is InChI=1S/C12H18O/c1-3-5-11-6-7-12(13)9-10(4-2)8-11/h3,5-8,10,12-13H,4,9H2,1-2H3/b5-3+. The van der Waals surface area contributed by atoms with E-state index in [1.54, 1.807) is 0 Å². The van der Waals surface area contributed by atoms with E-state index >= 15 is 0 Å². The molecule has 0 aromatic heterocycles. The minimum absolute atomic E-state index is 0.274. The van der Waals surface area contributed by atoms with Crippen LogP contribution >= 0.6 is 0 Å². The van der Waals surface area contributed by atoms with E-state index < -0.39 is 0 Å². The third-order valence-electron chi connectivity index (χ3n) is 2.37. The molecule has 0 amide bonds. The van der Waals surface area contributed by atoms with Crippen molar-refractivity contribution in [1.82, 2.24) is 0 Å². The minimum Gasteiger partial charge on any atom is -0.389 e. The van der Waals surface area contributed by atoms with Crippen LogP contribution in [0.2, 0.25) is 0 Å². The molecule has 0 aromatic carbocycles. The van der Waals surface area contributed by atoms with Gasteiger partial charge in [0.1, 0.15) is 0 Å². The third kappa shape index (κ3) is 3.19. The molecule has 0 saturated carbocycles. The average Bonchev–Trinajstić information content (AvgIpc) is 2.29. The van der Waals surface area contributed by atoms with E-state index in [9.17, 15) is 5.11 Å². The van der Waals surface area contributed by atoms with Crippen molar-refractivity contribution in [2.75, 3.05) is 0 Å². The molecule has 0 bridgehead atoms. The van der Waals surface area contributed by atoms with E-state index in [0.717, 1.165) is 12.8 Å². The van der Waals surface area contributed by atoms with Crippen molar-refractivity contribution in [3.63, 3.8) is 0 Å². The van der Waals surface area contributed by atoms with Crippen LogP contribution in [0.15, 0.2) is 36.0 Å². The number of hydrogen-bond donors (Lipinski definition) is 1. The van der Waals surface area contributed by atoms with Gasteiger partial charge in [0.25, 0.3) is 0 Å². The van der Waals surface area contributed by atoms with Gasteiger partial charge in [-0.25, -0.2) is 0 Å². The number of allylic oxidation sites excluding steroid dienone is 5. The molecule has 1 heteroatoms. The van der Waals surface area contributed by atoms with Gasteiger partial charge in [-0.05, 0) is 31.3 Å². The van der Waals surface area contributed by atoms with Crippen molar-refractivity contribution in [3.8, 4) is 0 Å². The normalized spacial score (nSPS) is 29.0. The Kier molecular flexibility index (Phi) is 3.97. The monoisotopic (exact) mass is 178 g/mol. The van der Waals surface area contributed by atoms with E-state index in [-0.39, 0.29) is 6.10 Å². The second-order valence-corrected chi connectivity index (χ2v) is 3.50. The highest BCUT2D eigenvalue weighted by Gasteiger charge is 2.11. The first-order valence-electron chi connectivity index (χ1n) is 4.97. The van der Waals surface area contributed by atoms with E-state index in [1.165, 1.54) is 5.57 Å². The van der Waals surface area contributed by atoms with Crippen molar-refractivity contribution in [3.05, 3.63) is 36.0 Å². The Bertz CT molecular complexity index is 236. The van der Waals surface area contributed by atoms with Crippen molar-refractivity contribution < 1.29 is 5.11 Å². The summed E-state index contributed by atoms with van der Waals surface area (Å²) in [7, 11) is 0. The second kappa shape index (κ2) is 5.03. The molecule has 1 rings (SSSR count). The Labute approximate surface area is 80.5 Å². The molecule has 0 spiro atoms. The lowest BCUT2D eigenvalue weighted by Gasteiger charge is -2.10. The van der Waals surface area contributed by atoms with Gasteiger partial charge in [-0.1, -0.05) is 37.3 Å². The number of rotatable bonds is 2. The minimum atomic E-state index is -0.274. The summed E-state index contributed by atoms with van der Waals surface area (Å²) < 4.78 is 0. The zero-order valence-electron chi connectivity index (χ0n) is 8.40. The van der Waals surface area contributed by atoms with Gasteiger partial charge in [0.15, 0.2) is 0 Å². The van der Waals surface area contributed by atoms with Crippen molar-refractivity contribution in [2.24, 2.45) is 5.92 Å². The molecule has 1 aliphatic carbocycles. The highest BCUT2D eigenvalue weighted by molar-refractivity contribution is 5.32. The summed E-state index contributed by atoms with van der Waals surface area (Å²) in [5.74, 6) is 0.510. The second-order valence-electron chi connectivity index (χ2n) is 3.50. The van der Waals surface area contributed by atoms with Crippen LogP contribution < -0.4 is 0 Å². The molecule has 1 N–H and O–H groups in total. The lowest BCUT2D eigenvalue weighted by atomic mass is 9.98. The molecular formula is C12H18O. The molecule has 1 nitrogen and oxygen atoms in total. The highest BCUT2D eigenvalue weighted by Crippen LogP contribution is 2.20. The number of aliphatic hydroxyl groups is 1. The Hall–Kier alpha value is -0.820. The Morgan fingerprint density at radius 1 is 1.62 bits per heavy atom. The molecule has 0 aliphatic heterocycles. The fourth-order valence-corrected chi connectivity index (χ4v) is 1.59. The Morgan fingerprint density at radius 3 is 3.00 bits per heavy atom. The van der Waals surface area contributed by atoms with Crippen LogP contribution in [0, 0.1) is 5.92 Å². The smallest absolute Gasteiger partial charge is 0.0729 e. The summed E-state index contributed by atoms with van der Waals surface area (Å²) >= 11 is 0. The van der Waals surface area contributed by atoms with Gasteiger partial charge in [0, 0.05) is 0 Å². The average molecular weight is 178 g/mol. The van der Waals surface area contributed by atoms with Crippen LogP contribution in [-0.2, 0) is 0 Å². The van der Waals surface area contributed by atoms with Gasteiger partial charge >= 0.3 is 0 Å². The van der Waals surface area contributed by atoms with Gasteiger partial charge in [-0.3, -0.25) is 0 Å². The lowest BCUT2D eigenvalue weighted by molar-refractivity contribution is 0.196. The van der Waals surface area contributed by atoms with Gasteiger partial charge in [-0.15, -0.1) is 0 Å². The zero-order valence-corrected chi connectivity index (χ0v) is 8.40. The molecule has 2 unspecified atom stereocenters. The van der Waals surface area contributed by atoms with Gasteiger partial charge < -0.3 is 5.11 Å². The highest BCUT2D eigenvalue weighted by atomic mass is 16.3. The molecular weight excluding hydrogens is 160 g/mol. The van der Waals surface area contributed by atoms with E-state index in [4.69, 9.17) is 0 Å². The molecule has 13 heavy (non-hydrogen) atoms. The van der Waals surface area contributed by atoms with Crippen LogP contribution in [0.1, 0.15) is 26.7 Å².